The van der Waals surface area contributed by atoms with Crippen molar-refractivity contribution in [2.24, 2.45) is 0 Å². The minimum Gasteiger partial charge on any atom is -0.480 e. The molecule has 1 aliphatic rings. The molecule has 0 aromatic heterocycles. The van der Waals surface area contributed by atoms with Crippen molar-refractivity contribution in [1.82, 2.24) is 10.2 Å². The third kappa shape index (κ3) is 4.79. The van der Waals surface area contributed by atoms with Gasteiger partial charge in [0.25, 0.3) is 0 Å². The van der Waals surface area contributed by atoms with Gasteiger partial charge >= 0.3 is 12.0 Å². The molecular weight excluding hydrogens is 248 g/mol. The largest absolute Gasteiger partial charge is 0.480 e. The zero-order valence-electron chi connectivity index (χ0n) is 11.1. The van der Waals surface area contributed by atoms with E-state index in [4.69, 9.17) is 11.5 Å². The molecule has 19 heavy (non-hydrogen) atoms. The lowest BCUT2D eigenvalue weighted by Gasteiger charge is -2.24. The van der Waals surface area contributed by atoms with Crippen LogP contribution in [0.4, 0.5) is 4.79 Å². The molecule has 0 saturated carbocycles. The highest BCUT2D eigenvalue weighted by atomic mass is 16.4. The van der Waals surface area contributed by atoms with Crippen LogP contribution in [0, 0.1) is 12.3 Å². The Balaban J connectivity index is 2.57. The van der Waals surface area contributed by atoms with Crippen LogP contribution in [0.1, 0.15) is 32.6 Å². The minimum absolute atomic E-state index is 0.0490. The fourth-order valence-electron chi connectivity index (χ4n) is 2.02. The zero-order valence-corrected chi connectivity index (χ0v) is 11.1. The summed E-state index contributed by atoms with van der Waals surface area (Å²) >= 11 is 0. The van der Waals surface area contributed by atoms with Gasteiger partial charge in [0.2, 0.25) is 0 Å². The number of nitrogens with one attached hydrogen (secondary N) is 1. The molecule has 0 bridgehead atoms. The number of aliphatic carboxylic acids is 1. The van der Waals surface area contributed by atoms with Crippen LogP contribution in [0.5, 0.6) is 0 Å². The van der Waals surface area contributed by atoms with Crippen LogP contribution in [0.2, 0.25) is 0 Å². The van der Waals surface area contributed by atoms with Gasteiger partial charge in [-0.1, -0.05) is 0 Å². The maximum absolute atomic E-state index is 12.0. The van der Waals surface area contributed by atoms with Crippen molar-refractivity contribution in [2.75, 3.05) is 13.1 Å². The van der Waals surface area contributed by atoms with E-state index >= 15 is 0 Å². The standard InChI is InChI=1S/C13H20N2O4/c1-3-5-10(11(16)17)14-12(18)15-8-4-6-13(2,19)7-9-15/h1,10,19H,4-9H2,2H3,(H,14,18)(H,16,17). The number of amides is 2. The van der Waals surface area contributed by atoms with Gasteiger partial charge in [0.1, 0.15) is 6.04 Å². The van der Waals surface area contributed by atoms with Crippen molar-refractivity contribution >= 4 is 12.0 Å². The molecule has 0 aromatic rings. The van der Waals surface area contributed by atoms with E-state index < -0.39 is 23.6 Å². The molecule has 2 amide bonds. The third-order valence-corrected chi connectivity index (χ3v) is 3.27. The maximum Gasteiger partial charge on any atom is 0.327 e. The van der Waals surface area contributed by atoms with Crippen LogP contribution in [-0.2, 0) is 4.79 Å². The van der Waals surface area contributed by atoms with Crippen LogP contribution in [-0.4, -0.2) is 51.8 Å². The Morgan fingerprint density at radius 3 is 2.74 bits per heavy atom. The number of hydrogen-bond acceptors (Lipinski definition) is 3. The second-order valence-electron chi connectivity index (χ2n) is 5.09. The Hall–Kier alpha value is -1.74. The topological polar surface area (TPSA) is 89.9 Å². The number of rotatable bonds is 3. The van der Waals surface area contributed by atoms with E-state index in [0.717, 1.165) is 0 Å². The van der Waals surface area contributed by atoms with Gasteiger partial charge in [-0.3, -0.25) is 0 Å². The first-order valence-electron chi connectivity index (χ1n) is 6.30. The minimum atomic E-state index is -1.15. The van der Waals surface area contributed by atoms with Crippen LogP contribution in [0.3, 0.4) is 0 Å². The van der Waals surface area contributed by atoms with Crippen molar-refractivity contribution in [2.45, 2.75) is 44.2 Å². The lowest BCUT2D eigenvalue weighted by Crippen LogP contribution is -2.48. The van der Waals surface area contributed by atoms with Gasteiger partial charge in [-0.25, -0.2) is 9.59 Å². The lowest BCUT2D eigenvalue weighted by molar-refractivity contribution is -0.139. The molecule has 1 saturated heterocycles. The first-order chi connectivity index (χ1) is 8.85. The number of hydrogen-bond donors (Lipinski definition) is 3. The first-order valence-corrected chi connectivity index (χ1v) is 6.30. The third-order valence-electron chi connectivity index (χ3n) is 3.27. The number of carbonyl (C=O) groups is 2. The summed E-state index contributed by atoms with van der Waals surface area (Å²) in [7, 11) is 0. The summed E-state index contributed by atoms with van der Waals surface area (Å²) in [4.78, 5) is 24.4. The van der Waals surface area contributed by atoms with Gasteiger partial charge < -0.3 is 20.4 Å². The van der Waals surface area contributed by atoms with E-state index in [1.165, 1.54) is 4.90 Å². The molecule has 6 nitrogen and oxygen atoms in total. The number of carbonyl (C=O) groups excluding carboxylic acids is 1. The highest BCUT2D eigenvalue weighted by Gasteiger charge is 2.28. The molecule has 1 fully saturated rings. The fourth-order valence-corrected chi connectivity index (χ4v) is 2.02. The van der Waals surface area contributed by atoms with Crippen LogP contribution >= 0.6 is 0 Å². The monoisotopic (exact) mass is 268 g/mol. The maximum atomic E-state index is 12.0. The first kappa shape index (κ1) is 15.3. The van der Waals surface area contributed by atoms with Crippen molar-refractivity contribution < 1.29 is 19.8 Å². The van der Waals surface area contributed by atoms with Gasteiger partial charge in [-0.05, 0) is 26.2 Å². The van der Waals surface area contributed by atoms with E-state index in [1.807, 2.05) is 0 Å². The highest BCUT2D eigenvalue weighted by Crippen LogP contribution is 2.21. The zero-order chi connectivity index (χ0) is 14.5. The van der Waals surface area contributed by atoms with Gasteiger partial charge in [-0.2, -0.15) is 0 Å². The predicted molar refractivity (Wildman–Crippen MR) is 69.5 cm³/mol. The molecule has 1 rings (SSSR count). The average Bonchev–Trinajstić information content (AvgIpc) is 2.49. The molecule has 1 aliphatic heterocycles. The van der Waals surface area contributed by atoms with Gasteiger partial charge in [0.05, 0.1) is 5.60 Å². The lowest BCUT2D eigenvalue weighted by atomic mass is 9.98. The average molecular weight is 268 g/mol. The van der Waals surface area contributed by atoms with Gasteiger partial charge in [0, 0.05) is 19.5 Å². The molecule has 106 valence electrons. The molecule has 3 N–H and O–H groups in total. The van der Waals surface area contributed by atoms with Gasteiger partial charge in [-0.15, -0.1) is 12.3 Å². The molecule has 0 radical (unpaired) electrons. The number of nitrogens with zero attached hydrogens (tertiary/aromatic N) is 1. The summed E-state index contributed by atoms with van der Waals surface area (Å²) in [6.45, 7) is 2.65. The molecule has 2 unspecified atom stereocenters. The molecule has 1 heterocycles. The Bertz CT molecular complexity index is 387. The normalized spacial score (nSPS) is 25.0. The number of terminal acetylenes is 1. The summed E-state index contributed by atoms with van der Waals surface area (Å²) in [5, 5.41) is 21.3. The molecule has 0 aromatic carbocycles. The summed E-state index contributed by atoms with van der Waals surface area (Å²) in [6.07, 6.45) is 6.82. The summed E-state index contributed by atoms with van der Waals surface area (Å²) in [5.74, 6) is 1.08. The number of carboxylic acids is 1. The number of likely N-dealkylation sites (tertiary alicyclic amines) is 1. The second kappa shape index (κ2) is 6.43. The quantitative estimate of drug-likeness (QED) is 0.647. The summed E-state index contributed by atoms with van der Waals surface area (Å²) < 4.78 is 0. The Kier molecular flexibility index (Phi) is 5.19. The van der Waals surface area contributed by atoms with Crippen LogP contribution < -0.4 is 5.32 Å². The van der Waals surface area contributed by atoms with Crippen molar-refractivity contribution in [1.29, 1.82) is 0 Å². The number of aliphatic hydroxyl groups is 1. The van der Waals surface area contributed by atoms with Crippen LogP contribution in [0.15, 0.2) is 0 Å². The van der Waals surface area contributed by atoms with E-state index in [0.29, 0.717) is 32.4 Å². The Labute approximate surface area is 112 Å². The molecule has 0 aliphatic carbocycles. The SMILES string of the molecule is C#CCC(NC(=O)N1CCCC(C)(O)CC1)C(=O)O. The Morgan fingerprint density at radius 1 is 1.47 bits per heavy atom. The van der Waals surface area contributed by atoms with E-state index in [-0.39, 0.29) is 6.42 Å². The van der Waals surface area contributed by atoms with E-state index in [2.05, 4.69) is 11.2 Å². The highest BCUT2D eigenvalue weighted by molar-refractivity contribution is 5.82. The van der Waals surface area contributed by atoms with Crippen molar-refractivity contribution in [3.05, 3.63) is 0 Å². The molecular formula is C13H20N2O4. The molecule has 6 heteroatoms. The van der Waals surface area contributed by atoms with Crippen LogP contribution in [0.25, 0.3) is 0 Å². The van der Waals surface area contributed by atoms with E-state index in [1.54, 1.807) is 6.92 Å². The molecule has 0 spiro atoms. The van der Waals surface area contributed by atoms with E-state index in [9.17, 15) is 14.7 Å². The fraction of sp³-hybridized carbons (Fsp3) is 0.692. The predicted octanol–water partition coefficient (Wildman–Crippen LogP) is 0.409. The second-order valence-corrected chi connectivity index (χ2v) is 5.09. The summed E-state index contributed by atoms with van der Waals surface area (Å²) in [6, 6.07) is -1.51. The number of urea groups is 1. The summed E-state index contributed by atoms with van der Waals surface area (Å²) in [5.41, 5.74) is -0.764. The van der Waals surface area contributed by atoms with Gasteiger partial charge in [0.15, 0.2) is 0 Å². The molecule has 2 atom stereocenters. The number of carboxylic acid groups (broad SMARTS) is 1. The van der Waals surface area contributed by atoms with Crippen molar-refractivity contribution in [3.8, 4) is 12.3 Å². The van der Waals surface area contributed by atoms with Crippen molar-refractivity contribution in [3.63, 3.8) is 0 Å². The smallest absolute Gasteiger partial charge is 0.327 e. The Morgan fingerprint density at radius 2 is 2.16 bits per heavy atom.